The number of hydrogen-bond acceptors (Lipinski definition) is 6. The van der Waals surface area contributed by atoms with Crippen LogP contribution < -0.4 is 9.47 Å². The van der Waals surface area contributed by atoms with E-state index in [2.05, 4.69) is 0 Å². The van der Waals surface area contributed by atoms with Crippen molar-refractivity contribution in [2.75, 3.05) is 21.3 Å². The van der Waals surface area contributed by atoms with Gasteiger partial charge in [0, 0.05) is 7.05 Å². The Kier molecular flexibility index (Phi) is 5.16. The molecule has 0 aliphatic rings. The van der Waals surface area contributed by atoms with Gasteiger partial charge in [0.25, 0.3) is 20.0 Å². The molecule has 2 aromatic carbocycles. The van der Waals surface area contributed by atoms with Gasteiger partial charge in [-0.25, -0.2) is 16.8 Å². The monoisotopic (exact) mass is 371 g/mol. The summed E-state index contributed by atoms with van der Waals surface area (Å²) in [6, 6.07) is 10.9. The zero-order chi connectivity index (χ0) is 18.0. The molecule has 0 bridgehead atoms. The predicted octanol–water partition coefficient (Wildman–Crippen LogP) is 1.71. The van der Waals surface area contributed by atoms with Crippen LogP contribution in [-0.2, 0) is 20.0 Å². The standard InChI is InChI=1S/C15H17NO6S2/c1-16(23(17,18)14-8-4-12(21-2)5-9-14)24(19,20)15-10-6-13(22-3)7-11-15/h4-11H,1-3H3. The number of benzene rings is 2. The lowest BCUT2D eigenvalue weighted by atomic mass is 10.3. The largest absolute Gasteiger partial charge is 0.497 e. The van der Waals surface area contributed by atoms with Gasteiger partial charge in [0.05, 0.1) is 24.0 Å². The third kappa shape index (κ3) is 3.37. The molecule has 0 radical (unpaired) electrons. The van der Waals surface area contributed by atoms with Gasteiger partial charge in [0.2, 0.25) is 0 Å². The third-order valence-corrected chi connectivity index (χ3v) is 7.66. The van der Waals surface area contributed by atoms with Crippen LogP contribution in [0.2, 0.25) is 0 Å². The van der Waals surface area contributed by atoms with E-state index in [-0.39, 0.29) is 9.79 Å². The Balaban J connectivity index is 2.41. The van der Waals surface area contributed by atoms with E-state index < -0.39 is 20.0 Å². The molecule has 0 unspecified atom stereocenters. The molecular formula is C15H17NO6S2. The summed E-state index contributed by atoms with van der Waals surface area (Å²) < 4.78 is 60.5. The topological polar surface area (TPSA) is 90.0 Å². The van der Waals surface area contributed by atoms with Crippen molar-refractivity contribution < 1.29 is 26.3 Å². The second kappa shape index (κ2) is 6.80. The number of methoxy groups -OCH3 is 2. The first-order valence-electron chi connectivity index (χ1n) is 6.75. The summed E-state index contributed by atoms with van der Waals surface area (Å²) in [5.41, 5.74) is 0. The molecular weight excluding hydrogens is 354 g/mol. The summed E-state index contributed by atoms with van der Waals surface area (Å²) in [4.78, 5) is -0.300. The molecule has 0 aliphatic carbocycles. The highest BCUT2D eigenvalue weighted by molar-refractivity contribution is 8.04. The Morgan fingerprint density at radius 2 is 0.958 bits per heavy atom. The van der Waals surface area contributed by atoms with Crippen LogP contribution in [0.25, 0.3) is 0 Å². The lowest BCUT2D eigenvalue weighted by molar-refractivity contribution is 0.414. The minimum Gasteiger partial charge on any atom is -0.497 e. The van der Waals surface area contributed by atoms with Crippen LogP contribution in [0.1, 0.15) is 0 Å². The lowest BCUT2D eigenvalue weighted by Gasteiger charge is -2.18. The molecule has 9 heteroatoms. The molecule has 24 heavy (non-hydrogen) atoms. The Hall–Kier alpha value is -2.10. The highest BCUT2D eigenvalue weighted by atomic mass is 32.3. The van der Waals surface area contributed by atoms with Crippen LogP contribution in [0, 0.1) is 0 Å². The molecule has 0 atom stereocenters. The zero-order valence-corrected chi connectivity index (χ0v) is 15.0. The Labute approximate surface area is 141 Å². The van der Waals surface area contributed by atoms with Gasteiger partial charge in [0.15, 0.2) is 0 Å². The van der Waals surface area contributed by atoms with Crippen molar-refractivity contribution in [2.24, 2.45) is 0 Å². The molecule has 0 aromatic heterocycles. The van der Waals surface area contributed by atoms with E-state index in [9.17, 15) is 16.8 Å². The van der Waals surface area contributed by atoms with Crippen LogP contribution in [0.4, 0.5) is 0 Å². The van der Waals surface area contributed by atoms with E-state index in [1.54, 1.807) is 0 Å². The fourth-order valence-electron chi connectivity index (χ4n) is 1.92. The Morgan fingerprint density at radius 1 is 0.667 bits per heavy atom. The van der Waals surface area contributed by atoms with Gasteiger partial charge in [0.1, 0.15) is 11.5 Å². The van der Waals surface area contributed by atoms with Crippen molar-refractivity contribution in [1.29, 1.82) is 0 Å². The van der Waals surface area contributed by atoms with Crippen LogP contribution in [0.5, 0.6) is 11.5 Å². The second-order valence-corrected chi connectivity index (χ2v) is 8.91. The maximum Gasteiger partial charge on any atom is 0.256 e. The minimum atomic E-state index is -4.23. The fraction of sp³-hybridized carbons (Fsp3) is 0.200. The first kappa shape index (κ1) is 18.2. The molecule has 0 amide bonds. The highest BCUT2D eigenvalue weighted by Gasteiger charge is 2.33. The molecule has 0 aliphatic heterocycles. The molecule has 2 rings (SSSR count). The Bertz CT molecular complexity index is 826. The minimum absolute atomic E-state index is 0.150. The molecule has 0 N–H and O–H groups in total. The van der Waals surface area contributed by atoms with Gasteiger partial charge in [-0.3, -0.25) is 0 Å². The summed E-state index contributed by atoms with van der Waals surface area (Å²) in [6.45, 7) is 0. The highest BCUT2D eigenvalue weighted by Crippen LogP contribution is 2.25. The van der Waals surface area contributed by atoms with Gasteiger partial charge < -0.3 is 9.47 Å². The van der Waals surface area contributed by atoms with E-state index in [1.165, 1.54) is 62.8 Å². The molecule has 0 spiro atoms. The van der Waals surface area contributed by atoms with E-state index >= 15 is 0 Å². The maximum absolute atomic E-state index is 12.6. The second-order valence-electron chi connectivity index (χ2n) is 4.74. The summed E-state index contributed by atoms with van der Waals surface area (Å²) in [5, 5.41) is 0. The molecule has 7 nitrogen and oxygen atoms in total. The molecule has 130 valence electrons. The SMILES string of the molecule is COc1ccc(S(=O)(=O)N(C)S(=O)(=O)c2ccc(OC)cc2)cc1. The van der Waals surface area contributed by atoms with Crippen molar-refractivity contribution in [2.45, 2.75) is 9.79 Å². The van der Waals surface area contributed by atoms with E-state index in [0.29, 0.717) is 15.2 Å². The molecule has 0 saturated heterocycles. The van der Waals surface area contributed by atoms with E-state index in [0.717, 1.165) is 7.05 Å². The lowest BCUT2D eigenvalue weighted by Crippen LogP contribution is -2.33. The third-order valence-electron chi connectivity index (χ3n) is 3.39. The molecule has 2 aromatic rings. The molecule has 0 heterocycles. The van der Waals surface area contributed by atoms with Crippen LogP contribution in [0.3, 0.4) is 0 Å². The van der Waals surface area contributed by atoms with Gasteiger partial charge in [-0.05, 0) is 48.5 Å². The Morgan fingerprint density at radius 3 is 1.21 bits per heavy atom. The maximum atomic E-state index is 12.6. The first-order chi connectivity index (χ1) is 11.2. The van der Waals surface area contributed by atoms with Gasteiger partial charge in [-0.15, -0.1) is 0 Å². The molecule has 0 saturated carbocycles. The van der Waals surface area contributed by atoms with Gasteiger partial charge >= 0.3 is 0 Å². The summed E-state index contributed by atoms with van der Waals surface area (Å²) in [5.74, 6) is 0.934. The molecule has 0 fully saturated rings. The van der Waals surface area contributed by atoms with Crippen LogP contribution >= 0.6 is 0 Å². The number of nitrogens with zero attached hydrogens (tertiary/aromatic N) is 1. The average molecular weight is 371 g/mol. The van der Waals surface area contributed by atoms with E-state index in [4.69, 9.17) is 9.47 Å². The van der Waals surface area contributed by atoms with Crippen molar-refractivity contribution in [3.63, 3.8) is 0 Å². The summed E-state index contributed by atoms with van der Waals surface area (Å²) >= 11 is 0. The van der Waals surface area contributed by atoms with Crippen LogP contribution in [-0.4, -0.2) is 41.8 Å². The smallest absolute Gasteiger partial charge is 0.256 e. The van der Waals surface area contributed by atoms with Gasteiger partial charge in [-0.1, -0.05) is 3.71 Å². The van der Waals surface area contributed by atoms with E-state index in [1.807, 2.05) is 0 Å². The first-order valence-corrected chi connectivity index (χ1v) is 9.63. The van der Waals surface area contributed by atoms with Crippen molar-refractivity contribution in [3.8, 4) is 11.5 Å². The quantitative estimate of drug-likeness (QED) is 0.768. The summed E-state index contributed by atoms with van der Waals surface area (Å²) in [6.07, 6.45) is 0. The van der Waals surface area contributed by atoms with Crippen molar-refractivity contribution in [1.82, 2.24) is 3.71 Å². The number of rotatable bonds is 6. The summed E-state index contributed by atoms with van der Waals surface area (Å²) in [7, 11) is -4.56. The van der Waals surface area contributed by atoms with Crippen molar-refractivity contribution >= 4 is 20.0 Å². The van der Waals surface area contributed by atoms with Crippen molar-refractivity contribution in [3.05, 3.63) is 48.5 Å². The zero-order valence-electron chi connectivity index (χ0n) is 13.3. The predicted molar refractivity (Wildman–Crippen MR) is 88.1 cm³/mol. The van der Waals surface area contributed by atoms with Crippen LogP contribution in [0.15, 0.2) is 58.3 Å². The van der Waals surface area contributed by atoms with Gasteiger partial charge in [-0.2, -0.15) is 0 Å². The number of hydrogen-bond donors (Lipinski definition) is 0. The average Bonchev–Trinajstić information content (AvgIpc) is 2.61. The number of sulfonamides is 2. The fourth-order valence-corrected chi connectivity index (χ4v) is 5.03. The number of ether oxygens (including phenoxy) is 2. The normalized spacial score (nSPS) is 12.2.